The SMILES string of the molecule is C=CCCP(=O)(NCc1ccccc1)OCC. The average Bonchev–Trinajstić information content (AvgIpc) is 2.36. The van der Waals surface area contributed by atoms with Gasteiger partial charge in [0, 0.05) is 12.7 Å². The molecule has 0 amide bonds. The second-order valence-electron chi connectivity index (χ2n) is 3.71. The molecule has 1 N–H and O–H groups in total. The Morgan fingerprint density at radius 3 is 2.71 bits per heavy atom. The third-order valence-corrected chi connectivity index (χ3v) is 4.49. The normalized spacial score (nSPS) is 14.2. The molecule has 17 heavy (non-hydrogen) atoms. The van der Waals surface area contributed by atoms with Gasteiger partial charge in [-0.1, -0.05) is 36.4 Å². The van der Waals surface area contributed by atoms with Crippen molar-refractivity contribution >= 4 is 7.52 Å². The van der Waals surface area contributed by atoms with Crippen LogP contribution in [0, 0.1) is 0 Å². The van der Waals surface area contributed by atoms with Crippen LogP contribution in [0.2, 0.25) is 0 Å². The van der Waals surface area contributed by atoms with Gasteiger partial charge in [0.25, 0.3) is 7.52 Å². The fourth-order valence-electron chi connectivity index (χ4n) is 1.47. The number of nitrogens with one attached hydrogen (secondary N) is 1. The van der Waals surface area contributed by atoms with Crippen molar-refractivity contribution in [2.45, 2.75) is 19.9 Å². The van der Waals surface area contributed by atoms with Crippen molar-refractivity contribution in [2.75, 3.05) is 12.8 Å². The number of rotatable bonds is 8. The molecule has 0 aliphatic heterocycles. The van der Waals surface area contributed by atoms with Gasteiger partial charge < -0.3 is 4.52 Å². The fraction of sp³-hybridized carbons (Fsp3) is 0.385. The summed E-state index contributed by atoms with van der Waals surface area (Å²) >= 11 is 0. The van der Waals surface area contributed by atoms with E-state index >= 15 is 0 Å². The summed E-state index contributed by atoms with van der Waals surface area (Å²) in [4.78, 5) is 0. The zero-order valence-corrected chi connectivity index (χ0v) is 11.2. The molecule has 1 aromatic rings. The van der Waals surface area contributed by atoms with Gasteiger partial charge in [0.2, 0.25) is 0 Å². The molecule has 1 unspecified atom stereocenters. The lowest BCUT2D eigenvalue weighted by molar-refractivity contribution is 0.324. The smallest absolute Gasteiger partial charge is 0.270 e. The number of benzene rings is 1. The van der Waals surface area contributed by atoms with Crippen molar-refractivity contribution in [3.63, 3.8) is 0 Å². The van der Waals surface area contributed by atoms with Crippen molar-refractivity contribution < 1.29 is 9.09 Å². The first kappa shape index (κ1) is 14.2. The molecule has 0 aromatic heterocycles. The Morgan fingerprint density at radius 2 is 2.12 bits per heavy atom. The molecule has 1 rings (SSSR count). The molecule has 0 heterocycles. The minimum atomic E-state index is -2.72. The van der Waals surface area contributed by atoms with Gasteiger partial charge in [-0.15, -0.1) is 6.58 Å². The summed E-state index contributed by atoms with van der Waals surface area (Å²) in [6.45, 7) is 6.51. The standard InChI is InChI=1S/C13H20NO2P/c1-3-5-11-17(15,16-4-2)14-12-13-9-7-6-8-10-13/h3,6-10H,1,4-5,11-12H2,2H3,(H,14,15). The predicted octanol–water partition coefficient (Wildman–Crippen LogP) is 3.58. The Balaban J connectivity index is 2.55. The van der Waals surface area contributed by atoms with E-state index in [0.29, 0.717) is 25.7 Å². The monoisotopic (exact) mass is 253 g/mol. The molecule has 0 bridgehead atoms. The Morgan fingerprint density at radius 1 is 1.41 bits per heavy atom. The lowest BCUT2D eigenvalue weighted by Gasteiger charge is -2.18. The van der Waals surface area contributed by atoms with Crippen molar-refractivity contribution in [3.05, 3.63) is 48.6 Å². The van der Waals surface area contributed by atoms with Crippen LogP contribution in [-0.4, -0.2) is 12.8 Å². The molecule has 0 radical (unpaired) electrons. The molecule has 94 valence electrons. The van der Waals surface area contributed by atoms with Crippen LogP contribution in [0.4, 0.5) is 0 Å². The van der Waals surface area contributed by atoms with Crippen molar-refractivity contribution in [2.24, 2.45) is 0 Å². The molecular weight excluding hydrogens is 233 g/mol. The van der Waals surface area contributed by atoms with Gasteiger partial charge in [0.15, 0.2) is 0 Å². The van der Waals surface area contributed by atoms with Crippen LogP contribution in [0.1, 0.15) is 18.9 Å². The van der Waals surface area contributed by atoms with E-state index in [0.717, 1.165) is 5.56 Å². The first-order valence-corrected chi connectivity index (χ1v) is 7.65. The molecule has 1 aromatic carbocycles. The van der Waals surface area contributed by atoms with E-state index in [1.807, 2.05) is 37.3 Å². The van der Waals surface area contributed by atoms with Gasteiger partial charge >= 0.3 is 0 Å². The highest BCUT2D eigenvalue weighted by Crippen LogP contribution is 2.43. The highest BCUT2D eigenvalue weighted by Gasteiger charge is 2.20. The van der Waals surface area contributed by atoms with E-state index in [2.05, 4.69) is 11.7 Å². The quantitative estimate of drug-likeness (QED) is 0.568. The van der Waals surface area contributed by atoms with Gasteiger partial charge in [-0.05, 0) is 18.9 Å². The predicted molar refractivity (Wildman–Crippen MR) is 72.2 cm³/mol. The summed E-state index contributed by atoms with van der Waals surface area (Å²) in [6.07, 6.45) is 2.95. The van der Waals surface area contributed by atoms with Crippen LogP contribution in [-0.2, 0) is 15.6 Å². The maximum atomic E-state index is 12.4. The lowest BCUT2D eigenvalue weighted by atomic mass is 10.2. The highest BCUT2D eigenvalue weighted by molar-refractivity contribution is 7.56. The van der Waals surface area contributed by atoms with Gasteiger partial charge in [-0.25, -0.2) is 5.09 Å². The zero-order chi connectivity index (χ0) is 12.6. The van der Waals surface area contributed by atoms with Gasteiger partial charge in [0.1, 0.15) is 0 Å². The topological polar surface area (TPSA) is 38.3 Å². The number of hydrogen-bond acceptors (Lipinski definition) is 2. The van der Waals surface area contributed by atoms with Crippen molar-refractivity contribution in [1.82, 2.24) is 5.09 Å². The molecule has 1 atom stereocenters. The zero-order valence-electron chi connectivity index (χ0n) is 10.3. The second-order valence-corrected chi connectivity index (χ2v) is 6.08. The largest absolute Gasteiger partial charge is 0.318 e. The Labute approximate surface area is 103 Å². The minimum Gasteiger partial charge on any atom is -0.318 e. The summed E-state index contributed by atoms with van der Waals surface area (Å²) in [7, 11) is -2.72. The summed E-state index contributed by atoms with van der Waals surface area (Å²) in [5, 5.41) is 3.03. The molecule has 4 heteroatoms. The third-order valence-electron chi connectivity index (χ3n) is 2.33. The Hall–Kier alpha value is -0.890. The minimum absolute atomic E-state index is 0.455. The molecule has 0 fully saturated rings. The number of allylic oxidation sites excluding steroid dienone is 1. The molecule has 3 nitrogen and oxygen atoms in total. The van der Waals surface area contributed by atoms with Crippen LogP contribution in [0.25, 0.3) is 0 Å². The van der Waals surface area contributed by atoms with Crippen molar-refractivity contribution in [1.29, 1.82) is 0 Å². The van der Waals surface area contributed by atoms with E-state index in [4.69, 9.17) is 4.52 Å². The van der Waals surface area contributed by atoms with E-state index in [1.54, 1.807) is 6.08 Å². The van der Waals surface area contributed by atoms with E-state index in [1.165, 1.54) is 0 Å². The molecule has 0 aliphatic carbocycles. The Kier molecular flexibility index (Phi) is 6.20. The number of hydrogen-bond donors (Lipinski definition) is 1. The molecular formula is C13H20NO2P. The fourth-order valence-corrected chi connectivity index (χ4v) is 3.21. The summed E-state index contributed by atoms with van der Waals surface area (Å²) < 4.78 is 17.7. The summed E-state index contributed by atoms with van der Waals surface area (Å²) in [6, 6.07) is 9.88. The molecule has 0 spiro atoms. The van der Waals surface area contributed by atoms with Crippen LogP contribution in [0.3, 0.4) is 0 Å². The maximum Gasteiger partial charge on any atom is 0.270 e. The first-order chi connectivity index (χ1) is 8.20. The molecule has 0 saturated carbocycles. The first-order valence-electron chi connectivity index (χ1n) is 5.84. The van der Waals surface area contributed by atoms with Crippen LogP contribution in [0.5, 0.6) is 0 Å². The van der Waals surface area contributed by atoms with Gasteiger partial charge in [0.05, 0.1) is 6.61 Å². The van der Waals surface area contributed by atoms with Crippen molar-refractivity contribution in [3.8, 4) is 0 Å². The van der Waals surface area contributed by atoms with E-state index in [-0.39, 0.29) is 0 Å². The van der Waals surface area contributed by atoms with Gasteiger partial charge in [-0.3, -0.25) is 4.57 Å². The van der Waals surface area contributed by atoms with Gasteiger partial charge in [-0.2, -0.15) is 0 Å². The summed E-state index contributed by atoms with van der Waals surface area (Å²) in [5.74, 6) is 0. The highest BCUT2D eigenvalue weighted by atomic mass is 31.2. The van der Waals surface area contributed by atoms with E-state index in [9.17, 15) is 4.57 Å². The van der Waals surface area contributed by atoms with Crippen LogP contribution < -0.4 is 5.09 Å². The lowest BCUT2D eigenvalue weighted by Crippen LogP contribution is -2.14. The third kappa shape index (κ3) is 5.31. The maximum absolute atomic E-state index is 12.4. The van der Waals surface area contributed by atoms with E-state index < -0.39 is 7.52 Å². The molecule has 0 saturated heterocycles. The molecule has 0 aliphatic rings. The second kappa shape index (κ2) is 7.44. The van der Waals surface area contributed by atoms with Crippen LogP contribution in [0.15, 0.2) is 43.0 Å². The Bertz CT molecular complexity index is 378. The average molecular weight is 253 g/mol. The van der Waals surface area contributed by atoms with Crippen LogP contribution >= 0.6 is 7.52 Å². The summed E-state index contributed by atoms with van der Waals surface area (Å²) in [5.41, 5.74) is 1.10.